The van der Waals surface area contributed by atoms with Crippen LogP contribution in [0.1, 0.15) is 39.6 Å². The first-order valence-electron chi connectivity index (χ1n) is 8.96. The molecule has 0 saturated heterocycles. The Hall–Kier alpha value is -2.93. The molecule has 1 aromatic heterocycles. The summed E-state index contributed by atoms with van der Waals surface area (Å²) in [6, 6.07) is 10.7. The van der Waals surface area contributed by atoms with Gasteiger partial charge in [0.2, 0.25) is 0 Å². The molecule has 2 atom stereocenters. The van der Waals surface area contributed by atoms with Gasteiger partial charge in [-0.2, -0.15) is 0 Å². The molecule has 0 spiro atoms. The van der Waals surface area contributed by atoms with E-state index in [0.717, 1.165) is 12.0 Å². The lowest BCUT2D eigenvalue weighted by Crippen LogP contribution is -2.35. The third-order valence-corrected chi connectivity index (χ3v) is 4.44. The van der Waals surface area contributed by atoms with Gasteiger partial charge in [0, 0.05) is 19.9 Å². The van der Waals surface area contributed by atoms with Crippen molar-refractivity contribution in [1.29, 1.82) is 0 Å². The zero-order valence-corrected chi connectivity index (χ0v) is 15.4. The van der Waals surface area contributed by atoms with E-state index in [1.807, 2.05) is 37.3 Å². The fourth-order valence-corrected chi connectivity index (χ4v) is 2.93. The Morgan fingerprint density at radius 2 is 1.96 bits per heavy atom. The molecule has 7 heteroatoms. The molecule has 0 bridgehead atoms. The molecule has 142 valence electrons. The fraction of sp³-hybridized carbons (Fsp3) is 0.350. The van der Waals surface area contributed by atoms with Gasteiger partial charge in [-0.15, -0.1) is 0 Å². The summed E-state index contributed by atoms with van der Waals surface area (Å²) < 4.78 is 6.86. The molecule has 1 saturated carbocycles. The Balaban J connectivity index is 1.89. The van der Waals surface area contributed by atoms with Crippen LogP contribution >= 0.6 is 0 Å². The van der Waals surface area contributed by atoms with Crippen molar-refractivity contribution < 1.29 is 14.3 Å². The number of amides is 2. The molecule has 1 heterocycles. The number of pyridine rings is 1. The monoisotopic (exact) mass is 369 g/mol. The van der Waals surface area contributed by atoms with E-state index in [9.17, 15) is 14.4 Å². The van der Waals surface area contributed by atoms with Gasteiger partial charge in [0.05, 0.1) is 24.3 Å². The number of hydrogen-bond donors (Lipinski definition) is 2. The first-order valence-corrected chi connectivity index (χ1v) is 8.96. The third kappa shape index (κ3) is 4.43. The van der Waals surface area contributed by atoms with Crippen LogP contribution in [0.2, 0.25) is 0 Å². The van der Waals surface area contributed by atoms with Gasteiger partial charge in [0.15, 0.2) is 0 Å². The number of benzene rings is 1. The van der Waals surface area contributed by atoms with E-state index < -0.39 is 11.5 Å². The molecule has 2 amide bonds. The minimum atomic E-state index is -0.518. The van der Waals surface area contributed by atoms with E-state index in [1.165, 1.54) is 23.9 Å². The summed E-state index contributed by atoms with van der Waals surface area (Å²) >= 11 is 0. The van der Waals surface area contributed by atoms with E-state index in [1.54, 1.807) is 0 Å². The van der Waals surface area contributed by atoms with Crippen LogP contribution in [0.5, 0.6) is 0 Å². The lowest BCUT2D eigenvalue weighted by atomic mass is 10.1. The van der Waals surface area contributed by atoms with Gasteiger partial charge in [-0.25, -0.2) is 0 Å². The van der Waals surface area contributed by atoms with Crippen molar-refractivity contribution in [2.24, 2.45) is 0 Å². The summed E-state index contributed by atoms with van der Waals surface area (Å²) in [5.41, 5.74) is 0.677. The Morgan fingerprint density at radius 1 is 1.22 bits per heavy atom. The van der Waals surface area contributed by atoms with Crippen molar-refractivity contribution in [2.45, 2.75) is 32.0 Å². The number of rotatable bonds is 7. The zero-order valence-electron chi connectivity index (χ0n) is 15.4. The van der Waals surface area contributed by atoms with Crippen LogP contribution in [0.15, 0.2) is 47.4 Å². The number of carbonyl (C=O) groups is 2. The average Bonchev–Trinajstić information content (AvgIpc) is 3.41. The van der Waals surface area contributed by atoms with Gasteiger partial charge in [-0.05, 0) is 25.0 Å². The minimum Gasteiger partial charge on any atom is -0.376 e. The van der Waals surface area contributed by atoms with Crippen LogP contribution in [0, 0.1) is 0 Å². The molecule has 0 radical (unpaired) electrons. The number of carbonyl (C=O) groups excluding carboxylic acids is 2. The number of hydrogen-bond acceptors (Lipinski definition) is 4. The molecule has 3 rings (SSSR count). The molecule has 1 aliphatic carbocycles. The van der Waals surface area contributed by atoms with E-state index >= 15 is 0 Å². The summed E-state index contributed by atoms with van der Waals surface area (Å²) in [4.78, 5) is 37.4. The number of ether oxygens (including phenoxy) is 1. The minimum absolute atomic E-state index is 0.0320. The van der Waals surface area contributed by atoms with Gasteiger partial charge >= 0.3 is 0 Å². The average molecular weight is 369 g/mol. The lowest BCUT2D eigenvalue weighted by molar-refractivity contribution is 0.0914. The van der Waals surface area contributed by atoms with Crippen molar-refractivity contribution in [2.75, 3.05) is 13.7 Å². The zero-order chi connectivity index (χ0) is 19.4. The molecule has 2 N–H and O–H groups in total. The normalized spacial score (nSPS) is 18.0. The van der Waals surface area contributed by atoms with E-state index in [0.29, 0.717) is 6.61 Å². The molecule has 7 nitrogen and oxygen atoms in total. The number of nitrogens with one attached hydrogen (secondary N) is 2. The maximum Gasteiger partial charge on any atom is 0.263 e. The van der Waals surface area contributed by atoms with Crippen molar-refractivity contribution in [1.82, 2.24) is 15.2 Å². The molecule has 1 aliphatic rings. The Morgan fingerprint density at radius 3 is 2.63 bits per heavy atom. The second-order valence-electron chi connectivity index (χ2n) is 6.45. The summed E-state index contributed by atoms with van der Waals surface area (Å²) in [5.74, 6) is -0.843. The van der Waals surface area contributed by atoms with Crippen molar-refractivity contribution in [3.63, 3.8) is 0 Å². The summed E-state index contributed by atoms with van der Waals surface area (Å²) in [5, 5.41) is 5.34. The standard InChI is InChI=1S/C20H23N3O4/c1-3-27-17-10-16(17)22-18(24)14-9-15(19(25)21-2)20(26)23(12-14)11-13-7-5-4-6-8-13/h4-9,12,16-17H,3,10-11H2,1-2H3,(H,21,25)(H,22,24)/t16-,17-/m1/s1. The largest absolute Gasteiger partial charge is 0.376 e. The van der Waals surface area contributed by atoms with Gasteiger partial charge in [-0.3, -0.25) is 14.4 Å². The van der Waals surface area contributed by atoms with E-state index in [-0.39, 0.29) is 35.7 Å². The first kappa shape index (κ1) is 18.8. The van der Waals surface area contributed by atoms with Crippen LogP contribution in [0.25, 0.3) is 0 Å². The molecular weight excluding hydrogens is 346 g/mol. The second kappa shape index (κ2) is 8.18. The highest BCUT2D eigenvalue weighted by Crippen LogP contribution is 2.25. The Bertz CT molecular complexity index is 892. The summed E-state index contributed by atoms with van der Waals surface area (Å²) in [6.45, 7) is 2.78. The quantitative estimate of drug-likeness (QED) is 0.767. The Labute approximate surface area is 157 Å². The van der Waals surface area contributed by atoms with Crippen molar-refractivity contribution in [3.05, 3.63) is 69.6 Å². The van der Waals surface area contributed by atoms with E-state index in [4.69, 9.17) is 4.74 Å². The van der Waals surface area contributed by atoms with Crippen molar-refractivity contribution >= 4 is 11.8 Å². The predicted molar refractivity (Wildman–Crippen MR) is 101 cm³/mol. The molecule has 0 aliphatic heterocycles. The highest BCUT2D eigenvalue weighted by Gasteiger charge is 2.39. The summed E-state index contributed by atoms with van der Waals surface area (Å²) in [6.07, 6.45) is 2.30. The Kier molecular flexibility index (Phi) is 5.71. The van der Waals surface area contributed by atoms with E-state index in [2.05, 4.69) is 10.6 Å². The highest BCUT2D eigenvalue weighted by molar-refractivity contribution is 5.99. The third-order valence-electron chi connectivity index (χ3n) is 4.44. The van der Waals surface area contributed by atoms with Gasteiger partial charge < -0.3 is 19.9 Å². The number of nitrogens with zero attached hydrogens (tertiary/aromatic N) is 1. The molecular formula is C20H23N3O4. The molecule has 27 heavy (non-hydrogen) atoms. The predicted octanol–water partition coefficient (Wildman–Crippen LogP) is 1.16. The maximum atomic E-state index is 12.7. The van der Waals surface area contributed by atoms with Crippen LogP contribution in [0.3, 0.4) is 0 Å². The molecule has 1 fully saturated rings. The topological polar surface area (TPSA) is 89.4 Å². The molecule has 1 aromatic carbocycles. The first-order chi connectivity index (χ1) is 13.0. The second-order valence-corrected chi connectivity index (χ2v) is 6.45. The van der Waals surface area contributed by atoms with Gasteiger partial charge in [0.1, 0.15) is 5.56 Å². The van der Waals surface area contributed by atoms with Crippen LogP contribution in [-0.4, -0.2) is 42.2 Å². The van der Waals surface area contributed by atoms with Gasteiger partial charge in [-0.1, -0.05) is 30.3 Å². The van der Waals surface area contributed by atoms with Crippen molar-refractivity contribution in [3.8, 4) is 0 Å². The maximum absolute atomic E-state index is 12.7. The van der Waals surface area contributed by atoms with Gasteiger partial charge in [0.25, 0.3) is 17.4 Å². The van der Waals surface area contributed by atoms with Crippen LogP contribution < -0.4 is 16.2 Å². The van der Waals surface area contributed by atoms with Crippen LogP contribution in [-0.2, 0) is 11.3 Å². The number of aromatic nitrogens is 1. The van der Waals surface area contributed by atoms with Crippen LogP contribution in [0.4, 0.5) is 0 Å². The molecule has 0 unspecified atom stereocenters. The smallest absolute Gasteiger partial charge is 0.263 e. The summed E-state index contributed by atoms with van der Waals surface area (Å²) in [7, 11) is 1.45. The lowest BCUT2D eigenvalue weighted by Gasteiger charge is -2.12. The fourth-order valence-electron chi connectivity index (χ4n) is 2.93. The molecule has 2 aromatic rings. The SMILES string of the molecule is CCO[C@@H]1C[C@H]1NC(=O)c1cc(C(=O)NC)c(=O)n(Cc2ccccc2)c1. The highest BCUT2D eigenvalue weighted by atomic mass is 16.5.